The lowest BCUT2D eigenvalue weighted by molar-refractivity contribution is -0.136. The summed E-state index contributed by atoms with van der Waals surface area (Å²) in [5.41, 5.74) is 0.762. The lowest BCUT2D eigenvalue weighted by Gasteiger charge is -2.03. The molecule has 0 aliphatic carbocycles. The quantitative estimate of drug-likeness (QED) is 0.493. The Morgan fingerprint density at radius 1 is 1.31 bits per heavy atom. The summed E-state index contributed by atoms with van der Waals surface area (Å²) in [6, 6.07) is 5.89. The van der Waals surface area contributed by atoms with Gasteiger partial charge in [-0.2, -0.15) is 4.83 Å². The maximum Gasteiger partial charge on any atom is 0.303 e. The molecule has 0 bridgehead atoms. The van der Waals surface area contributed by atoms with Gasteiger partial charge in [-0.3, -0.25) is 10.6 Å². The highest BCUT2D eigenvalue weighted by molar-refractivity contribution is 7.89. The fourth-order valence-electron chi connectivity index (χ4n) is 1.15. The molecule has 0 saturated carbocycles. The van der Waals surface area contributed by atoms with Crippen LogP contribution in [0.5, 0.6) is 0 Å². The molecular formula is C9H12N2O4S. The third kappa shape index (κ3) is 3.30. The summed E-state index contributed by atoms with van der Waals surface area (Å²) in [5, 5.41) is 8.47. The third-order valence-corrected chi connectivity index (χ3v) is 3.22. The molecule has 6 nitrogen and oxygen atoms in total. The highest BCUT2D eigenvalue weighted by Crippen LogP contribution is 2.11. The van der Waals surface area contributed by atoms with Gasteiger partial charge in [-0.1, -0.05) is 12.1 Å². The fraction of sp³-hybridized carbons (Fsp3) is 0.222. The molecule has 7 heteroatoms. The van der Waals surface area contributed by atoms with Crippen molar-refractivity contribution in [2.45, 2.75) is 17.7 Å². The highest BCUT2D eigenvalue weighted by atomic mass is 32.2. The SMILES string of the molecule is NNS(=O)(=O)c1ccc(CCC(=O)O)cc1. The van der Waals surface area contributed by atoms with Crippen LogP contribution in [0.2, 0.25) is 0 Å². The predicted molar refractivity (Wildman–Crippen MR) is 56.9 cm³/mol. The van der Waals surface area contributed by atoms with E-state index in [1.54, 1.807) is 17.0 Å². The molecule has 0 aromatic heterocycles. The zero-order valence-corrected chi connectivity index (χ0v) is 9.20. The molecule has 4 N–H and O–H groups in total. The van der Waals surface area contributed by atoms with Gasteiger partial charge in [0.1, 0.15) is 0 Å². The van der Waals surface area contributed by atoms with E-state index in [4.69, 9.17) is 10.9 Å². The summed E-state index contributed by atoms with van der Waals surface area (Å²) in [4.78, 5) is 12.1. The molecule has 0 atom stereocenters. The average Bonchev–Trinajstić information content (AvgIpc) is 2.27. The van der Waals surface area contributed by atoms with Crippen molar-refractivity contribution in [1.29, 1.82) is 0 Å². The number of carboxylic acids is 1. The van der Waals surface area contributed by atoms with Crippen LogP contribution in [0.15, 0.2) is 29.2 Å². The Kier molecular flexibility index (Phi) is 3.99. The first-order valence-electron chi connectivity index (χ1n) is 4.49. The van der Waals surface area contributed by atoms with Crippen molar-refractivity contribution in [2.24, 2.45) is 5.84 Å². The molecule has 1 rings (SSSR count). The smallest absolute Gasteiger partial charge is 0.303 e. The Balaban J connectivity index is 2.80. The minimum Gasteiger partial charge on any atom is -0.481 e. The second-order valence-corrected chi connectivity index (χ2v) is 4.87. The molecule has 0 fully saturated rings. The van der Waals surface area contributed by atoms with Crippen molar-refractivity contribution in [3.8, 4) is 0 Å². The van der Waals surface area contributed by atoms with Crippen molar-refractivity contribution in [2.75, 3.05) is 0 Å². The van der Waals surface area contributed by atoms with E-state index in [0.717, 1.165) is 5.56 Å². The number of aliphatic carboxylic acids is 1. The van der Waals surface area contributed by atoms with Gasteiger partial charge in [0.25, 0.3) is 10.0 Å². The lowest BCUT2D eigenvalue weighted by atomic mass is 10.1. The number of hydrogen-bond acceptors (Lipinski definition) is 4. The number of hydrogen-bond donors (Lipinski definition) is 3. The molecule has 1 aromatic rings. The molecule has 0 unspecified atom stereocenters. The van der Waals surface area contributed by atoms with Gasteiger partial charge in [0, 0.05) is 6.42 Å². The second kappa shape index (κ2) is 5.06. The van der Waals surface area contributed by atoms with E-state index < -0.39 is 16.0 Å². The van der Waals surface area contributed by atoms with Gasteiger partial charge in [-0.05, 0) is 24.1 Å². The molecule has 0 spiro atoms. The van der Waals surface area contributed by atoms with Crippen LogP contribution in [0.4, 0.5) is 0 Å². The lowest BCUT2D eigenvalue weighted by Crippen LogP contribution is -2.30. The van der Waals surface area contributed by atoms with Gasteiger partial charge < -0.3 is 5.11 Å². The minimum absolute atomic E-state index is 0.0151. The molecule has 0 radical (unpaired) electrons. The highest BCUT2D eigenvalue weighted by Gasteiger charge is 2.10. The second-order valence-electron chi connectivity index (χ2n) is 3.16. The minimum atomic E-state index is -3.63. The number of nitrogens with two attached hydrogens (primary N) is 1. The summed E-state index contributed by atoms with van der Waals surface area (Å²) in [6.45, 7) is 0. The van der Waals surface area contributed by atoms with Crippen LogP contribution in [-0.2, 0) is 21.2 Å². The zero-order valence-electron chi connectivity index (χ0n) is 8.38. The first kappa shape index (κ1) is 12.6. The van der Waals surface area contributed by atoms with E-state index in [-0.39, 0.29) is 11.3 Å². The molecule has 0 aliphatic heterocycles. The number of sulfonamides is 1. The number of benzene rings is 1. The van der Waals surface area contributed by atoms with Crippen LogP contribution in [0.1, 0.15) is 12.0 Å². The normalized spacial score (nSPS) is 11.3. The molecular weight excluding hydrogens is 232 g/mol. The fourth-order valence-corrected chi connectivity index (χ4v) is 1.79. The summed E-state index contributed by atoms with van der Waals surface area (Å²) in [6.07, 6.45) is 0.382. The van der Waals surface area contributed by atoms with Crippen molar-refractivity contribution in [1.82, 2.24) is 4.83 Å². The van der Waals surface area contributed by atoms with Crippen LogP contribution in [-0.4, -0.2) is 19.5 Å². The van der Waals surface area contributed by atoms with Crippen molar-refractivity contribution in [3.05, 3.63) is 29.8 Å². The molecule has 16 heavy (non-hydrogen) atoms. The topological polar surface area (TPSA) is 109 Å². The van der Waals surface area contributed by atoms with E-state index >= 15 is 0 Å². The van der Waals surface area contributed by atoms with Gasteiger partial charge in [0.05, 0.1) is 4.90 Å². The molecule has 0 saturated heterocycles. The Morgan fingerprint density at radius 3 is 2.31 bits per heavy atom. The summed E-state index contributed by atoms with van der Waals surface area (Å²) in [7, 11) is -3.63. The zero-order chi connectivity index (χ0) is 12.2. The van der Waals surface area contributed by atoms with Gasteiger partial charge in [-0.25, -0.2) is 8.42 Å². The van der Waals surface area contributed by atoms with E-state index in [0.29, 0.717) is 6.42 Å². The van der Waals surface area contributed by atoms with Gasteiger partial charge in [-0.15, -0.1) is 0 Å². The number of nitrogens with one attached hydrogen (secondary N) is 1. The van der Waals surface area contributed by atoms with E-state index in [2.05, 4.69) is 0 Å². The van der Waals surface area contributed by atoms with Crippen LogP contribution in [0.25, 0.3) is 0 Å². The maximum atomic E-state index is 11.2. The first-order valence-corrected chi connectivity index (χ1v) is 5.97. The molecule has 1 aromatic carbocycles. The van der Waals surface area contributed by atoms with Crippen molar-refractivity contribution in [3.63, 3.8) is 0 Å². The van der Waals surface area contributed by atoms with Gasteiger partial charge in [0.15, 0.2) is 0 Å². The van der Waals surface area contributed by atoms with E-state index in [1.807, 2.05) is 0 Å². The van der Waals surface area contributed by atoms with E-state index in [1.165, 1.54) is 12.1 Å². The van der Waals surface area contributed by atoms with Crippen LogP contribution in [0.3, 0.4) is 0 Å². The third-order valence-electron chi connectivity index (χ3n) is 2.02. The molecule has 0 amide bonds. The standard InChI is InChI=1S/C9H12N2O4S/c10-11-16(14,15)8-4-1-7(2-5-8)3-6-9(12)13/h1-2,4-5,11H,3,6,10H2,(H,12,13). The predicted octanol–water partition coefficient (Wildman–Crippen LogP) is -0.144. The van der Waals surface area contributed by atoms with Crippen molar-refractivity contribution >= 4 is 16.0 Å². The number of hydrazine groups is 1. The van der Waals surface area contributed by atoms with Crippen LogP contribution < -0.4 is 10.7 Å². The van der Waals surface area contributed by atoms with Gasteiger partial charge >= 0.3 is 5.97 Å². The maximum absolute atomic E-state index is 11.2. The monoisotopic (exact) mass is 244 g/mol. The van der Waals surface area contributed by atoms with E-state index in [9.17, 15) is 13.2 Å². The molecule has 0 aliphatic rings. The largest absolute Gasteiger partial charge is 0.481 e. The van der Waals surface area contributed by atoms with Crippen LogP contribution in [0, 0.1) is 0 Å². The number of rotatable bonds is 5. The molecule has 88 valence electrons. The average molecular weight is 244 g/mol. The first-order chi connectivity index (χ1) is 7.45. The number of carbonyl (C=O) groups is 1. The Morgan fingerprint density at radius 2 is 1.88 bits per heavy atom. The van der Waals surface area contributed by atoms with Crippen molar-refractivity contribution < 1.29 is 18.3 Å². The Hall–Kier alpha value is -1.44. The molecule has 0 heterocycles. The van der Waals surface area contributed by atoms with Gasteiger partial charge in [0.2, 0.25) is 0 Å². The summed E-state index contributed by atoms with van der Waals surface area (Å²) >= 11 is 0. The van der Waals surface area contributed by atoms with Crippen LogP contribution >= 0.6 is 0 Å². The summed E-state index contributed by atoms with van der Waals surface area (Å²) < 4.78 is 22.5. The number of carboxylic acid groups (broad SMARTS) is 1. The number of aryl methyl sites for hydroxylation is 1. The Bertz CT molecular complexity index is 467. The summed E-state index contributed by atoms with van der Waals surface area (Å²) in [5.74, 6) is 3.97. The Labute approximate surface area is 93.1 Å².